The predicted octanol–water partition coefficient (Wildman–Crippen LogP) is 2.44. The van der Waals surface area contributed by atoms with Gasteiger partial charge in [-0.2, -0.15) is 0 Å². The molecule has 7 heteroatoms. The van der Waals surface area contributed by atoms with Crippen LogP contribution in [0.1, 0.15) is 31.4 Å². The van der Waals surface area contributed by atoms with Crippen molar-refractivity contribution in [3.63, 3.8) is 0 Å². The minimum absolute atomic E-state index is 0.0525. The van der Waals surface area contributed by atoms with Crippen molar-refractivity contribution in [1.82, 2.24) is 15.5 Å². The number of likely N-dealkylation sites (tertiary alicyclic amines) is 1. The number of benzene rings is 1. The molecule has 1 aromatic rings. The lowest BCUT2D eigenvalue weighted by molar-refractivity contribution is 0.159. The van der Waals surface area contributed by atoms with E-state index in [1.54, 1.807) is 7.11 Å². The third kappa shape index (κ3) is 5.14. The zero-order chi connectivity index (χ0) is 17.5. The molecule has 134 valence electrons. The third-order valence-electron chi connectivity index (χ3n) is 4.27. The minimum Gasteiger partial charge on any atom is -0.383 e. The van der Waals surface area contributed by atoms with E-state index >= 15 is 0 Å². The number of ether oxygens (including phenoxy) is 1. The Bertz CT molecular complexity index is 557. The van der Waals surface area contributed by atoms with Gasteiger partial charge in [0.05, 0.1) is 12.6 Å². The van der Waals surface area contributed by atoms with Crippen LogP contribution in [0.25, 0.3) is 0 Å². The molecule has 2 atom stereocenters. The maximum atomic E-state index is 13.9. The van der Waals surface area contributed by atoms with Crippen molar-refractivity contribution >= 4 is 6.03 Å². The van der Waals surface area contributed by atoms with Crippen molar-refractivity contribution in [2.24, 2.45) is 0 Å². The molecule has 0 spiro atoms. The van der Waals surface area contributed by atoms with Crippen molar-refractivity contribution in [2.45, 2.75) is 31.8 Å². The topological polar surface area (TPSA) is 53.6 Å². The molecular formula is C17H25F2N3O2. The van der Waals surface area contributed by atoms with Crippen LogP contribution < -0.4 is 10.6 Å². The Morgan fingerprint density at radius 2 is 2.25 bits per heavy atom. The summed E-state index contributed by atoms with van der Waals surface area (Å²) in [4.78, 5) is 14.4. The van der Waals surface area contributed by atoms with Crippen LogP contribution in [0.15, 0.2) is 18.2 Å². The molecule has 2 amide bonds. The number of hydrogen-bond acceptors (Lipinski definition) is 3. The summed E-state index contributed by atoms with van der Waals surface area (Å²) in [5.74, 6) is -1.04. The van der Waals surface area contributed by atoms with Crippen LogP contribution in [-0.2, 0) is 4.74 Å². The standard InChI is InChI=1S/C17H25F2N3O2/c1-3-16(14-10-12(18)4-5-15(14)19)21-17(23)20-13-6-7-22(11-13)8-9-24-2/h4-5,10,13,16H,3,6-9,11H2,1-2H3,(H2,20,21,23)/t13-,16-/m1/s1. The molecule has 1 aliphatic rings. The Morgan fingerprint density at radius 1 is 1.46 bits per heavy atom. The Balaban J connectivity index is 1.87. The molecule has 1 heterocycles. The minimum atomic E-state index is -0.563. The number of nitrogens with one attached hydrogen (secondary N) is 2. The van der Waals surface area contributed by atoms with E-state index in [2.05, 4.69) is 15.5 Å². The SMILES string of the molecule is CC[C@@H](NC(=O)N[C@@H]1CCN(CCOC)C1)c1cc(F)ccc1F. The van der Waals surface area contributed by atoms with Crippen LogP contribution in [-0.4, -0.2) is 50.3 Å². The molecular weight excluding hydrogens is 316 g/mol. The maximum absolute atomic E-state index is 13.9. The lowest BCUT2D eigenvalue weighted by atomic mass is 10.0. The summed E-state index contributed by atoms with van der Waals surface area (Å²) in [6, 6.07) is 2.41. The highest BCUT2D eigenvalue weighted by Gasteiger charge is 2.25. The number of methoxy groups -OCH3 is 1. The smallest absolute Gasteiger partial charge is 0.315 e. The summed E-state index contributed by atoms with van der Waals surface area (Å²) in [6.45, 7) is 4.99. The normalized spacial score (nSPS) is 19.2. The van der Waals surface area contributed by atoms with E-state index in [0.29, 0.717) is 13.0 Å². The number of halogens is 2. The van der Waals surface area contributed by atoms with E-state index in [-0.39, 0.29) is 17.6 Å². The van der Waals surface area contributed by atoms with Crippen molar-refractivity contribution in [3.8, 4) is 0 Å². The third-order valence-corrected chi connectivity index (χ3v) is 4.27. The van der Waals surface area contributed by atoms with Crippen LogP contribution in [0.2, 0.25) is 0 Å². The number of carbonyl (C=O) groups is 1. The summed E-state index contributed by atoms with van der Waals surface area (Å²) in [7, 11) is 1.66. The van der Waals surface area contributed by atoms with E-state index in [4.69, 9.17) is 4.74 Å². The zero-order valence-electron chi connectivity index (χ0n) is 14.1. The van der Waals surface area contributed by atoms with Gasteiger partial charge >= 0.3 is 6.03 Å². The van der Waals surface area contributed by atoms with E-state index < -0.39 is 17.7 Å². The van der Waals surface area contributed by atoms with E-state index in [9.17, 15) is 13.6 Å². The van der Waals surface area contributed by atoms with Gasteiger partial charge in [-0.3, -0.25) is 4.90 Å². The van der Waals surface area contributed by atoms with Crippen LogP contribution in [0.3, 0.4) is 0 Å². The van der Waals surface area contributed by atoms with E-state index in [1.807, 2.05) is 6.92 Å². The molecule has 0 aliphatic carbocycles. The molecule has 1 fully saturated rings. The highest BCUT2D eigenvalue weighted by atomic mass is 19.1. The second-order valence-corrected chi connectivity index (χ2v) is 6.02. The molecule has 0 saturated carbocycles. The highest BCUT2D eigenvalue weighted by molar-refractivity contribution is 5.74. The van der Waals surface area contributed by atoms with Gasteiger partial charge in [-0.25, -0.2) is 13.6 Å². The first-order valence-corrected chi connectivity index (χ1v) is 8.26. The van der Waals surface area contributed by atoms with Crippen LogP contribution in [0.5, 0.6) is 0 Å². The molecule has 2 rings (SSSR count). The average Bonchev–Trinajstić information content (AvgIpc) is 3.00. The van der Waals surface area contributed by atoms with Crippen molar-refractivity contribution in [3.05, 3.63) is 35.4 Å². The second-order valence-electron chi connectivity index (χ2n) is 6.02. The fraction of sp³-hybridized carbons (Fsp3) is 0.588. The van der Waals surface area contributed by atoms with Crippen molar-refractivity contribution in [1.29, 1.82) is 0 Å². The van der Waals surface area contributed by atoms with Crippen molar-refractivity contribution < 1.29 is 18.3 Å². The fourth-order valence-electron chi connectivity index (χ4n) is 2.94. The Kier molecular flexibility index (Phi) is 6.93. The highest BCUT2D eigenvalue weighted by Crippen LogP contribution is 2.21. The average molecular weight is 341 g/mol. The summed E-state index contributed by atoms with van der Waals surface area (Å²) >= 11 is 0. The number of nitrogens with zero attached hydrogens (tertiary/aromatic N) is 1. The Morgan fingerprint density at radius 3 is 2.96 bits per heavy atom. The quantitative estimate of drug-likeness (QED) is 0.801. The summed E-state index contributed by atoms with van der Waals surface area (Å²) in [6.07, 6.45) is 1.33. The molecule has 0 unspecified atom stereocenters. The van der Waals surface area contributed by atoms with Gasteiger partial charge in [0.25, 0.3) is 0 Å². The number of urea groups is 1. The van der Waals surface area contributed by atoms with Gasteiger partial charge in [0.2, 0.25) is 0 Å². The van der Waals surface area contributed by atoms with Crippen LogP contribution in [0.4, 0.5) is 13.6 Å². The molecule has 1 saturated heterocycles. The maximum Gasteiger partial charge on any atom is 0.315 e. The number of amides is 2. The van der Waals surface area contributed by atoms with Gasteiger partial charge in [0.15, 0.2) is 0 Å². The lowest BCUT2D eigenvalue weighted by Gasteiger charge is -2.21. The zero-order valence-corrected chi connectivity index (χ0v) is 14.1. The summed E-state index contributed by atoms with van der Waals surface area (Å²) in [5.41, 5.74) is 0.167. The number of rotatable bonds is 7. The lowest BCUT2D eigenvalue weighted by Crippen LogP contribution is -2.44. The molecule has 0 bridgehead atoms. The van der Waals surface area contributed by atoms with Crippen LogP contribution in [0, 0.1) is 11.6 Å². The molecule has 5 nitrogen and oxygen atoms in total. The molecule has 0 radical (unpaired) electrons. The molecule has 2 N–H and O–H groups in total. The monoisotopic (exact) mass is 341 g/mol. The van der Waals surface area contributed by atoms with Gasteiger partial charge in [0.1, 0.15) is 11.6 Å². The summed E-state index contributed by atoms with van der Waals surface area (Å²) < 4.78 is 32.3. The molecule has 1 aliphatic heterocycles. The van der Waals surface area contributed by atoms with Gasteiger partial charge < -0.3 is 15.4 Å². The van der Waals surface area contributed by atoms with Gasteiger partial charge in [-0.1, -0.05) is 6.92 Å². The van der Waals surface area contributed by atoms with Gasteiger partial charge in [-0.05, 0) is 31.0 Å². The van der Waals surface area contributed by atoms with Gasteiger partial charge in [-0.15, -0.1) is 0 Å². The number of hydrogen-bond donors (Lipinski definition) is 2. The van der Waals surface area contributed by atoms with Gasteiger partial charge in [0, 0.05) is 38.3 Å². The van der Waals surface area contributed by atoms with E-state index in [0.717, 1.165) is 44.3 Å². The molecule has 24 heavy (non-hydrogen) atoms. The molecule has 1 aromatic carbocycles. The predicted molar refractivity (Wildman–Crippen MR) is 87.8 cm³/mol. The largest absolute Gasteiger partial charge is 0.383 e. The second kappa shape index (κ2) is 8.94. The first-order chi connectivity index (χ1) is 11.5. The van der Waals surface area contributed by atoms with Crippen molar-refractivity contribution in [2.75, 3.05) is 33.4 Å². The van der Waals surface area contributed by atoms with E-state index in [1.165, 1.54) is 0 Å². The first-order valence-electron chi connectivity index (χ1n) is 8.26. The van der Waals surface area contributed by atoms with Crippen LogP contribution >= 0.6 is 0 Å². The first kappa shape index (κ1) is 18.6. The Hall–Kier alpha value is -1.73. The number of carbonyl (C=O) groups excluding carboxylic acids is 1. The fourth-order valence-corrected chi connectivity index (χ4v) is 2.94. The molecule has 0 aromatic heterocycles. The Labute approximate surface area is 141 Å². The summed E-state index contributed by atoms with van der Waals surface area (Å²) in [5, 5.41) is 5.64.